The lowest BCUT2D eigenvalue weighted by Crippen LogP contribution is -2.04. The largest absolute Gasteiger partial charge is 0.454 e. The maximum absolute atomic E-state index is 9.89. The topological polar surface area (TPSA) is 105 Å². The first kappa shape index (κ1) is 17.7. The van der Waals surface area contributed by atoms with Crippen LogP contribution in [-0.2, 0) is 5.75 Å². The van der Waals surface area contributed by atoms with Crippen LogP contribution in [0.2, 0.25) is 0 Å². The van der Waals surface area contributed by atoms with E-state index in [2.05, 4.69) is 17.1 Å². The molecule has 0 aliphatic carbocycles. The molecule has 0 amide bonds. The summed E-state index contributed by atoms with van der Waals surface area (Å²) in [5, 5.41) is 20.0. The molecule has 0 saturated heterocycles. The molecule has 2 aromatic carbocycles. The lowest BCUT2D eigenvalue weighted by molar-refractivity contribution is 0.174. The molecule has 0 saturated carbocycles. The Morgan fingerprint density at radius 2 is 1.79 bits per heavy atom. The number of aromatic nitrogens is 1. The molecule has 1 aromatic heterocycles. The molecule has 6 nitrogen and oxygen atoms in total. The van der Waals surface area contributed by atoms with Gasteiger partial charge < -0.3 is 15.2 Å². The van der Waals surface area contributed by atoms with Crippen molar-refractivity contribution in [2.24, 2.45) is 0 Å². The predicted molar refractivity (Wildman–Crippen MR) is 106 cm³/mol. The van der Waals surface area contributed by atoms with Gasteiger partial charge in [0.05, 0.1) is 5.56 Å². The third-order valence-corrected chi connectivity index (χ3v) is 5.35. The second-order valence-electron chi connectivity index (χ2n) is 5.96. The summed E-state index contributed by atoms with van der Waals surface area (Å²) in [5.74, 6) is 1.78. The monoisotopic (exact) mass is 386 g/mol. The first-order valence-corrected chi connectivity index (χ1v) is 9.41. The Hall–Kier alpha value is -3.68. The summed E-state index contributed by atoms with van der Waals surface area (Å²) in [6.07, 6.45) is 0. The van der Waals surface area contributed by atoms with Crippen molar-refractivity contribution < 1.29 is 9.47 Å². The zero-order valence-electron chi connectivity index (χ0n) is 14.7. The van der Waals surface area contributed by atoms with Crippen molar-refractivity contribution in [3.8, 4) is 34.8 Å². The first-order valence-electron chi connectivity index (χ1n) is 8.42. The van der Waals surface area contributed by atoms with Gasteiger partial charge >= 0.3 is 0 Å². The van der Waals surface area contributed by atoms with Crippen molar-refractivity contribution in [1.29, 1.82) is 10.5 Å². The van der Waals surface area contributed by atoms with Gasteiger partial charge in [-0.25, -0.2) is 4.98 Å². The maximum Gasteiger partial charge on any atom is 0.231 e. The lowest BCUT2D eigenvalue weighted by Gasteiger charge is -2.14. The second kappa shape index (κ2) is 7.51. The van der Waals surface area contributed by atoms with Crippen LogP contribution >= 0.6 is 11.8 Å². The molecule has 7 heteroatoms. The third-order valence-electron chi connectivity index (χ3n) is 4.30. The van der Waals surface area contributed by atoms with E-state index in [0.717, 1.165) is 5.56 Å². The molecule has 3 aromatic rings. The standard InChI is InChI=1S/C21H14N4O2S/c22-9-15-18(14-7-4-8-17-19(14)27-12-26-17)16(10-23)21(25-20(15)24)28-11-13-5-2-1-3-6-13/h1-8H,11-12H2,(H2,24,25). The van der Waals surface area contributed by atoms with Gasteiger partial charge in [0, 0.05) is 16.9 Å². The molecule has 0 fully saturated rings. The Morgan fingerprint density at radius 1 is 1.00 bits per heavy atom. The van der Waals surface area contributed by atoms with Crippen LogP contribution in [-0.4, -0.2) is 11.8 Å². The van der Waals surface area contributed by atoms with E-state index in [-0.39, 0.29) is 18.2 Å². The average molecular weight is 386 g/mol. The summed E-state index contributed by atoms with van der Waals surface area (Å²) in [5.41, 5.74) is 8.66. The van der Waals surface area contributed by atoms with Crippen molar-refractivity contribution in [3.63, 3.8) is 0 Å². The van der Waals surface area contributed by atoms with Gasteiger partial charge in [-0.05, 0) is 11.6 Å². The summed E-state index contributed by atoms with van der Waals surface area (Å²) in [7, 11) is 0. The molecular weight excluding hydrogens is 372 g/mol. The highest BCUT2D eigenvalue weighted by molar-refractivity contribution is 7.98. The number of nitriles is 2. The highest BCUT2D eigenvalue weighted by atomic mass is 32.2. The van der Waals surface area contributed by atoms with Crippen LogP contribution in [0.4, 0.5) is 5.82 Å². The van der Waals surface area contributed by atoms with Gasteiger partial charge in [-0.2, -0.15) is 10.5 Å². The van der Waals surface area contributed by atoms with E-state index in [1.165, 1.54) is 11.8 Å². The minimum atomic E-state index is 0.0866. The molecule has 4 rings (SSSR count). The van der Waals surface area contributed by atoms with Crippen LogP contribution in [0.3, 0.4) is 0 Å². The Labute approximate surface area is 166 Å². The van der Waals surface area contributed by atoms with Crippen molar-refractivity contribution >= 4 is 17.6 Å². The molecule has 28 heavy (non-hydrogen) atoms. The molecule has 1 aliphatic rings. The fraction of sp³-hybridized carbons (Fsp3) is 0.0952. The highest BCUT2D eigenvalue weighted by Crippen LogP contribution is 2.45. The minimum Gasteiger partial charge on any atom is -0.454 e. The maximum atomic E-state index is 9.89. The van der Waals surface area contributed by atoms with Gasteiger partial charge in [0.1, 0.15) is 28.5 Å². The average Bonchev–Trinajstić information content (AvgIpc) is 3.21. The van der Waals surface area contributed by atoms with Crippen LogP contribution in [0.25, 0.3) is 11.1 Å². The highest BCUT2D eigenvalue weighted by Gasteiger charge is 2.26. The van der Waals surface area contributed by atoms with E-state index in [0.29, 0.717) is 39.0 Å². The number of para-hydroxylation sites is 1. The number of rotatable bonds is 4. The summed E-state index contributed by atoms with van der Waals surface area (Å²) < 4.78 is 11.0. The van der Waals surface area contributed by atoms with Crippen LogP contribution in [0.1, 0.15) is 16.7 Å². The number of nitrogens with zero attached hydrogens (tertiary/aromatic N) is 3. The number of ether oxygens (including phenoxy) is 2. The van der Waals surface area contributed by atoms with Crippen LogP contribution in [0.5, 0.6) is 11.5 Å². The van der Waals surface area contributed by atoms with Gasteiger partial charge in [-0.15, -0.1) is 11.8 Å². The molecule has 2 heterocycles. The van der Waals surface area contributed by atoms with Gasteiger partial charge in [-0.1, -0.05) is 42.5 Å². The Morgan fingerprint density at radius 3 is 2.54 bits per heavy atom. The van der Waals surface area contributed by atoms with E-state index in [4.69, 9.17) is 15.2 Å². The molecule has 0 radical (unpaired) electrons. The van der Waals surface area contributed by atoms with Gasteiger partial charge in [0.15, 0.2) is 11.5 Å². The minimum absolute atomic E-state index is 0.0866. The smallest absolute Gasteiger partial charge is 0.231 e. The summed E-state index contributed by atoms with van der Waals surface area (Å²) in [4.78, 5) is 4.33. The van der Waals surface area contributed by atoms with Gasteiger partial charge in [0.25, 0.3) is 0 Å². The number of benzene rings is 2. The van der Waals surface area contributed by atoms with Crippen molar-refractivity contribution in [3.05, 3.63) is 65.2 Å². The second-order valence-corrected chi connectivity index (χ2v) is 6.93. The molecule has 1 aliphatic heterocycles. The van der Waals surface area contributed by atoms with Gasteiger partial charge in [0.2, 0.25) is 6.79 Å². The number of nitrogens with two attached hydrogens (primary N) is 1. The van der Waals surface area contributed by atoms with Crippen LogP contribution in [0.15, 0.2) is 53.6 Å². The van der Waals surface area contributed by atoms with Crippen molar-refractivity contribution in [2.75, 3.05) is 12.5 Å². The third kappa shape index (κ3) is 3.09. The van der Waals surface area contributed by atoms with E-state index < -0.39 is 0 Å². The Balaban J connectivity index is 1.86. The normalized spacial score (nSPS) is 11.6. The molecule has 0 unspecified atom stereocenters. The van der Waals surface area contributed by atoms with Crippen molar-refractivity contribution in [2.45, 2.75) is 10.8 Å². The van der Waals surface area contributed by atoms with E-state index in [1.54, 1.807) is 18.2 Å². The first-order chi connectivity index (χ1) is 13.7. The zero-order valence-corrected chi connectivity index (χ0v) is 15.5. The number of pyridine rings is 1. The van der Waals surface area contributed by atoms with E-state index in [1.807, 2.05) is 30.3 Å². The van der Waals surface area contributed by atoms with Gasteiger partial charge in [-0.3, -0.25) is 0 Å². The molecule has 0 bridgehead atoms. The number of fused-ring (bicyclic) bond motifs is 1. The summed E-state index contributed by atoms with van der Waals surface area (Å²) in [6.45, 7) is 0.0896. The van der Waals surface area contributed by atoms with Crippen LogP contribution < -0.4 is 15.2 Å². The number of nitrogen functional groups attached to an aromatic ring is 1. The number of anilines is 1. The fourth-order valence-electron chi connectivity index (χ4n) is 3.02. The van der Waals surface area contributed by atoms with Crippen molar-refractivity contribution in [1.82, 2.24) is 4.98 Å². The number of thioether (sulfide) groups is 1. The van der Waals surface area contributed by atoms with E-state index in [9.17, 15) is 10.5 Å². The number of hydrogen-bond acceptors (Lipinski definition) is 7. The number of hydrogen-bond donors (Lipinski definition) is 1. The summed E-state index contributed by atoms with van der Waals surface area (Å²) >= 11 is 1.41. The quantitative estimate of drug-likeness (QED) is 0.673. The molecule has 136 valence electrons. The Bertz CT molecular complexity index is 1130. The zero-order chi connectivity index (χ0) is 19.5. The van der Waals surface area contributed by atoms with Crippen LogP contribution in [0, 0.1) is 22.7 Å². The summed E-state index contributed by atoms with van der Waals surface area (Å²) in [6, 6.07) is 19.5. The Kier molecular flexibility index (Phi) is 4.76. The fourth-order valence-corrected chi connectivity index (χ4v) is 3.98. The molecule has 0 atom stereocenters. The SMILES string of the molecule is N#Cc1c(N)nc(SCc2ccccc2)c(C#N)c1-c1cccc2c1OCO2. The van der Waals surface area contributed by atoms with E-state index >= 15 is 0 Å². The lowest BCUT2D eigenvalue weighted by atomic mass is 9.96. The predicted octanol–water partition coefficient (Wildman–Crippen LogP) is 4.10. The molecule has 0 spiro atoms. The molecule has 2 N–H and O–H groups in total. The molecular formula is C21H14N4O2S.